The minimum absolute atomic E-state index is 0.0181. The molecule has 0 saturated carbocycles. The molecule has 0 unspecified atom stereocenters. The van der Waals surface area contributed by atoms with Crippen LogP contribution in [0.25, 0.3) is 0 Å². The van der Waals surface area contributed by atoms with Gasteiger partial charge in [-0.2, -0.15) is 0 Å². The van der Waals surface area contributed by atoms with Crippen LogP contribution in [0.2, 0.25) is 0 Å². The molecule has 0 amide bonds. The van der Waals surface area contributed by atoms with E-state index in [1.807, 2.05) is 0 Å². The lowest BCUT2D eigenvalue weighted by molar-refractivity contribution is -0.283. The lowest BCUT2D eigenvalue weighted by Gasteiger charge is -2.45. The summed E-state index contributed by atoms with van der Waals surface area (Å²) < 4.78 is 11.7. The Balaban J connectivity index is 2.68. The molecular weight excluding hydrogens is 176 g/mol. The summed E-state index contributed by atoms with van der Waals surface area (Å²) >= 11 is 0. The fourth-order valence-corrected chi connectivity index (χ4v) is 2.16. The molecule has 84 valence electrons. The van der Waals surface area contributed by atoms with E-state index in [2.05, 4.69) is 41.5 Å². The van der Waals surface area contributed by atoms with Crippen LogP contribution in [0.3, 0.4) is 0 Å². The van der Waals surface area contributed by atoms with Crippen molar-refractivity contribution in [3.63, 3.8) is 0 Å². The molecule has 1 aliphatic rings. The zero-order chi connectivity index (χ0) is 10.9. The van der Waals surface area contributed by atoms with Gasteiger partial charge in [-0.15, -0.1) is 0 Å². The number of hydrogen-bond acceptors (Lipinski definition) is 2. The minimum atomic E-state index is -0.0181. The van der Waals surface area contributed by atoms with Gasteiger partial charge < -0.3 is 9.47 Å². The Kier molecular flexibility index (Phi) is 3.59. The summed E-state index contributed by atoms with van der Waals surface area (Å²) in [6.07, 6.45) is 0.291. The van der Waals surface area contributed by atoms with E-state index in [-0.39, 0.29) is 11.7 Å². The van der Waals surface area contributed by atoms with Crippen LogP contribution < -0.4 is 0 Å². The highest BCUT2D eigenvalue weighted by Crippen LogP contribution is 2.36. The zero-order valence-corrected chi connectivity index (χ0v) is 10.3. The van der Waals surface area contributed by atoms with Crippen molar-refractivity contribution in [2.75, 3.05) is 6.61 Å². The Morgan fingerprint density at radius 3 is 2.07 bits per heavy atom. The molecule has 1 rings (SSSR count). The molecule has 0 aromatic heterocycles. The van der Waals surface area contributed by atoms with Gasteiger partial charge in [-0.05, 0) is 5.92 Å². The van der Waals surface area contributed by atoms with E-state index in [1.165, 1.54) is 0 Å². The second-order valence-corrected chi connectivity index (χ2v) is 5.71. The summed E-state index contributed by atoms with van der Waals surface area (Å²) in [6.45, 7) is 14.0. The summed E-state index contributed by atoms with van der Waals surface area (Å²) in [5.41, 5.74) is 0.138. The third-order valence-electron chi connectivity index (χ3n) is 2.82. The second kappa shape index (κ2) is 4.19. The van der Waals surface area contributed by atoms with E-state index in [9.17, 15) is 0 Å². The molecule has 0 N–H and O–H groups in total. The van der Waals surface area contributed by atoms with Crippen molar-refractivity contribution in [3.8, 4) is 0 Å². The molecule has 0 aromatic carbocycles. The van der Waals surface area contributed by atoms with Gasteiger partial charge in [0.15, 0.2) is 6.29 Å². The van der Waals surface area contributed by atoms with E-state index >= 15 is 0 Å². The third kappa shape index (κ3) is 2.48. The van der Waals surface area contributed by atoms with E-state index in [0.29, 0.717) is 17.9 Å². The fraction of sp³-hybridized carbons (Fsp3) is 1.00. The Morgan fingerprint density at radius 1 is 1.07 bits per heavy atom. The zero-order valence-electron chi connectivity index (χ0n) is 10.3. The summed E-state index contributed by atoms with van der Waals surface area (Å²) in [4.78, 5) is 0. The highest BCUT2D eigenvalue weighted by Gasteiger charge is 2.40. The van der Waals surface area contributed by atoms with Crippen molar-refractivity contribution in [1.29, 1.82) is 0 Å². The smallest absolute Gasteiger partial charge is 0.160 e. The maximum Gasteiger partial charge on any atom is 0.160 e. The van der Waals surface area contributed by atoms with Crippen molar-refractivity contribution < 1.29 is 9.47 Å². The monoisotopic (exact) mass is 200 g/mol. The topological polar surface area (TPSA) is 18.5 Å². The van der Waals surface area contributed by atoms with Crippen molar-refractivity contribution in [2.24, 2.45) is 17.3 Å². The van der Waals surface area contributed by atoms with E-state index in [0.717, 1.165) is 6.61 Å². The molecule has 0 spiro atoms. The van der Waals surface area contributed by atoms with Crippen LogP contribution in [0.1, 0.15) is 41.5 Å². The quantitative estimate of drug-likeness (QED) is 0.682. The average molecular weight is 200 g/mol. The standard InChI is InChI=1S/C12H24O2/c1-8(2)10-12(5,6)7-13-11(14-10)9(3)4/h8-11H,7H2,1-6H3/t10-,11+/m0/s1. The first-order chi connectivity index (χ1) is 6.34. The molecule has 2 heteroatoms. The lowest BCUT2D eigenvalue weighted by Crippen LogP contribution is -2.49. The lowest BCUT2D eigenvalue weighted by atomic mass is 9.80. The van der Waals surface area contributed by atoms with Crippen LogP contribution in [-0.4, -0.2) is 19.0 Å². The molecule has 1 saturated heterocycles. The normalized spacial score (nSPS) is 32.6. The Morgan fingerprint density at radius 2 is 1.64 bits per heavy atom. The number of ether oxygens (including phenoxy) is 2. The van der Waals surface area contributed by atoms with Gasteiger partial charge >= 0.3 is 0 Å². The molecule has 2 atom stereocenters. The number of hydrogen-bond donors (Lipinski definition) is 0. The largest absolute Gasteiger partial charge is 0.352 e. The molecule has 0 radical (unpaired) electrons. The van der Waals surface area contributed by atoms with E-state index in [4.69, 9.17) is 9.47 Å². The van der Waals surface area contributed by atoms with Crippen LogP contribution in [0.5, 0.6) is 0 Å². The van der Waals surface area contributed by atoms with Crippen molar-refractivity contribution in [3.05, 3.63) is 0 Å². The Hall–Kier alpha value is -0.0800. The fourth-order valence-electron chi connectivity index (χ4n) is 2.16. The third-order valence-corrected chi connectivity index (χ3v) is 2.82. The van der Waals surface area contributed by atoms with Crippen LogP contribution in [0, 0.1) is 17.3 Å². The van der Waals surface area contributed by atoms with Gasteiger partial charge in [-0.1, -0.05) is 41.5 Å². The van der Waals surface area contributed by atoms with Gasteiger partial charge in [0, 0.05) is 11.3 Å². The number of rotatable bonds is 2. The molecule has 1 fully saturated rings. The van der Waals surface area contributed by atoms with Gasteiger partial charge in [-0.3, -0.25) is 0 Å². The van der Waals surface area contributed by atoms with Gasteiger partial charge in [-0.25, -0.2) is 0 Å². The average Bonchev–Trinajstić information content (AvgIpc) is 2.02. The predicted molar refractivity (Wildman–Crippen MR) is 58.1 cm³/mol. The van der Waals surface area contributed by atoms with Crippen LogP contribution >= 0.6 is 0 Å². The van der Waals surface area contributed by atoms with Crippen LogP contribution in [-0.2, 0) is 9.47 Å². The highest BCUT2D eigenvalue weighted by molar-refractivity contribution is 4.85. The molecule has 0 aliphatic carbocycles. The van der Waals surface area contributed by atoms with Crippen molar-refractivity contribution in [2.45, 2.75) is 53.9 Å². The van der Waals surface area contributed by atoms with Gasteiger partial charge in [0.25, 0.3) is 0 Å². The minimum Gasteiger partial charge on any atom is -0.352 e. The maximum atomic E-state index is 6.00. The Labute approximate surface area is 88.0 Å². The summed E-state index contributed by atoms with van der Waals surface area (Å²) in [5, 5.41) is 0. The molecule has 0 aromatic rings. The Bertz CT molecular complexity index is 185. The maximum absolute atomic E-state index is 6.00. The van der Waals surface area contributed by atoms with Gasteiger partial charge in [0.1, 0.15) is 0 Å². The molecule has 2 nitrogen and oxygen atoms in total. The molecule has 1 heterocycles. The van der Waals surface area contributed by atoms with Crippen LogP contribution in [0.4, 0.5) is 0 Å². The first kappa shape index (κ1) is 12.0. The highest BCUT2D eigenvalue weighted by atomic mass is 16.7. The summed E-state index contributed by atoms with van der Waals surface area (Å²) in [5.74, 6) is 0.988. The molecule has 14 heavy (non-hydrogen) atoms. The van der Waals surface area contributed by atoms with Gasteiger partial charge in [0.05, 0.1) is 12.7 Å². The van der Waals surface area contributed by atoms with Gasteiger partial charge in [0.2, 0.25) is 0 Å². The van der Waals surface area contributed by atoms with Crippen LogP contribution in [0.15, 0.2) is 0 Å². The SMILES string of the molecule is CC(C)[C@@H]1OCC(C)(C)[C@H](C(C)C)O1. The molecular formula is C12H24O2. The molecule has 1 aliphatic heterocycles. The predicted octanol–water partition coefficient (Wildman–Crippen LogP) is 3.07. The van der Waals surface area contributed by atoms with E-state index < -0.39 is 0 Å². The summed E-state index contributed by atoms with van der Waals surface area (Å²) in [6, 6.07) is 0. The molecule has 0 bridgehead atoms. The first-order valence-corrected chi connectivity index (χ1v) is 5.61. The van der Waals surface area contributed by atoms with Crippen molar-refractivity contribution >= 4 is 0 Å². The van der Waals surface area contributed by atoms with Crippen molar-refractivity contribution in [1.82, 2.24) is 0 Å². The summed E-state index contributed by atoms with van der Waals surface area (Å²) in [7, 11) is 0. The first-order valence-electron chi connectivity index (χ1n) is 5.61. The second-order valence-electron chi connectivity index (χ2n) is 5.71. The van der Waals surface area contributed by atoms with E-state index in [1.54, 1.807) is 0 Å².